The zero-order valence-electron chi connectivity index (χ0n) is 10.3. The summed E-state index contributed by atoms with van der Waals surface area (Å²) in [6.07, 6.45) is 5.13. The Morgan fingerprint density at radius 3 is 3.00 bits per heavy atom. The molecule has 0 aromatic carbocycles. The van der Waals surface area contributed by atoms with Crippen LogP contribution in [0, 0.1) is 0 Å². The van der Waals surface area contributed by atoms with E-state index in [0.29, 0.717) is 0 Å². The molecule has 0 fully saturated rings. The van der Waals surface area contributed by atoms with Gasteiger partial charge in [-0.15, -0.1) is 0 Å². The number of hydrogen-bond acceptors (Lipinski definition) is 4. The molecule has 0 amide bonds. The second-order valence-electron chi connectivity index (χ2n) is 3.77. The molecular formula is C12H17N3O2. The van der Waals surface area contributed by atoms with E-state index in [0.717, 1.165) is 23.6 Å². The van der Waals surface area contributed by atoms with E-state index in [1.807, 2.05) is 17.8 Å². The van der Waals surface area contributed by atoms with Gasteiger partial charge in [0.25, 0.3) is 0 Å². The van der Waals surface area contributed by atoms with Gasteiger partial charge in [0.2, 0.25) is 0 Å². The highest BCUT2D eigenvalue weighted by atomic mass is 16.5. The Morgan fingerprint density at radius 2 is 2.41 bits per heavy atom. The van der Waals surface area contributed by atoms with Crippen LogP contribution in [0.4, 0.5) is 0 Å². The van der Waals surface area contributed by atoms with Crippen LogP contribution in [0.25, 0.3) is 0 Å². The summed E-state index contributed by atoms with van der Waals surface area (Å²) in [5, 5.41) is 7.62. The molecule has 17 heavy (non-hydrogen) atoms. The topological polar surface area (TPSA) is 52.2 Å². The summed E-state index contributed by atoms with van der Waals surface area (Å²) in [4.78, 5) is 0. The number of ether oxygens (including phenoxy) is 1. The van der Waals surface area contributed by atoms with Gasteiger partial charge in [-0.3, -0.25) is 4.68 Å². The minimum atomic E-state index is 0.0289. The first kappa shape index (κ1) is 11.7. The standard InChI is InChI=1S/C12H17N3O2/c1-4-13-11(9-5-6-17-8-9)12-10(16-3)7-14-15(12)2/h5-8,11,13H,4H2,1-3H3. The first-order valence-corrected chi connectivity index (χ1v) is 5.59. The Kier molecular flexibility index (Phi) is 3.49. The minimum Gasteiger partial charge on any atom is -0.493 e. The van der Waals surface area contributed by atoms with Gasteiger partial charge in [0.05, 0.1) is 31.9 Å². The van der Waals surface area contributed by atoms with E-state index in [1.54, 1.807) is 25.8 Å². The van der Waals surface area contributed by atoms with Crippen molar-refractivity contribution in [3.05, 3.63) is 36.0 Å². The van der Waals surface area contributed by atoms with Gasteiger partial charge >= 0.3 is 0 Å². The molecule has 5 heteroatoms. The van der Waals surface area contributed by atoms with Crippen molar-refractivity contribution >= 4 is 0 Å². The van der Waals surface area contributed by atoms with Crippen molar-refractivity contribution in [2.24, 2.45) is 7.05 Å². The molecule has 2 aromatic rings. The molecule has 5 nitrogen and oxygen atoms in total. The van der Waals surface area contributed by atoms with Gasteiger partial charge in [-0.25, -0.2) is 0 Å². The summed E-state index contributed by atoms with van der Waals surface area (Å²) in [6, 6.07) is 1.97. The molecular weight excluding hydrogens is 218 g/mol. The smallest absolute Gasteiger partial charge is 0.161 e. The largest absolute Gasteiger partial charge is 0.493 e. The van der Waals surface area contributed by atoms with Crippen molar-refractivity contribution in [2.75, 3.05) is 13.7 Å². The highest BCUT2D eigenvalue weighted by Gasteiger charge is 2.22. The molecule has 0 bridgehead atoms. The second kappa shape index (κ2) is 5.05. The van der Waals surface area contributed by atoms with Crippen molar-refractivity contribution in [3.63, 3.8) is 0 Å². The molecule has 0 aliphatic rings. The third kappa shape index (κ3) is 2.19. The first-order valence-electron chi connectivity index (χ1n) is 5.59. The molecule has 92 valence electrons. The summed E-state index contributed by atoms with van der Waals surface area (Å²) < 4.78 is 12.3. The van der Waals surface area contributed by atoms with Crippen molar-refractivity contribution in [1.82, 2.24) is 15.1 Å². The molecule has 0 saturated heterocycles. The molecule has 1 unspecified atom stereocenters. The summed E-state index contributed by atoms with van der Waals surface area (Å²) in [5.74, 6) is 0.777. The lowest BCUT2D eigenvalue weighted by Crippen LogP contribution is -2.24. The summed E-state index contributed by atoms with van der Waals surface area (Å²) in [7, 11) is 3.56. The Morgan fingerprint density at radius 1 is 1.59 bits per heavy atom. The molecule has 0 saturated carbocycles. The van der Waals surface area contributed by atoms with Gasteiger partial charge in [-0.1, -0.05) is 6.92 Å². The van der Waals surface area contributed by atoms with Gasteiger partial charge < -0.3 is 14.5 Å². The van der Waals surface area contributed by atoms with Crippen LogP contribution in [0.15, 0.2) is 29.2 Å². The Hall–Kier alpha value is -1.75. The van der Waals surface area contributed by atoms with E-state index >= 15 is 0 Å². The van der Waals surface area contributed by atoms with E-state index < -0.39 is 0 Å². The van der Waals surface area contributed by atoms with E-state index in [9.17, 15) is 0 Å². The molecule has 0 radical (unpaired) electrons. The maximum Gasteiger partial charge on any atom is 0.161 e. The molecule has 2 aromatic heterocycles. The Balaban J connectivity index is 2.42. The van der Waals surface area contributed by atoms with E-state index in [4.69, 9.17) is 9.15 Å². The van der Waals surface area contributed by atoms with Crippen LogP contribution in [-0.2, 0) is 7.05 Å². The normalized spacial score (nSPS) is 12.6. The van der Waals surface area contributed by atoms with Crippen LogP contribution in [0.1, 0.15) is 24.2 Å². The number of rotatable bonds is 5. The van der Waals surface area contributed by atoms with Crippen LogP contribution in [-0.4, -0.2) is 23.4 Å². The number of aryl methyl sites for hydroxylation is 1. The lowest BCUT2D eigenvalue weighted by Gasteiger charge is -2.18. The van der Waals surface area contributed by atoms with E-state index in [2.05, 4.69) is 17.3 Å². The fraction of sp³-hybridized carbons (Fsp3) is 0.417. The average molecular weight is 235 g/mol. The van der Waals surface area contributed by atoms with Crippen LogP contribution in [0.5, 0.6) is 5.75 Å². The molecule has 1 N–H and O–H groups in total. The lowest BCUT2D eigenvalue weighted by molar-refractivity contribution is 0.401. The fourth-order valence-corrected chi connectivity index (χ4v) is 1.93. The van der Waals surface area contributed by atoms with Crippen LogP contribution >= 0.6 is 0 Å². The SMILES string of the molecule is CCNC(c1ccoc1)c1c(OC)cnn1C. The van der Waals surface area contributed by atoms with Gasteiger partial charge in [-0.2, -0.15) is 5.10 Å². The summed E-state index contributed by atoms with van der Waals surface area (Å²) >= 11 is 0. The van der Waals surface area contributed by atoms with Gasteiger partial charge in [0.1, 0.15) is 5.69 Å². The molecule has 0 aliphatic heterocycles. The number of aromatic nitrogens is 2. The predicted octanol–water partition coefficient (Wildman–Crippen LogP) is 1.72. The first-order chi connectivity index (χ1) is 8.27. The maximum absolute atomic E-state index is 5.34. The number of furan rings is 1. The highest BCUT2D eigenvalue weighted by Crippen LogP contribution is 2.29. The monoisotopic (exact) mass is 235 g/mol. The van der Waals surface area contributed by atoms with Crippen LogP contribution in [0.2, 0.25) is 0 Å². The van der Waals surface area contributed by atoms with Crippen LogP contribution in [0.3, 0.4) is 0 Å². The van der Waals surface area contributed by atoms with Crippen molar-refractivity contribution in [2.45, 2.75) is 13.0 Å². The minimum absolute atomic E-state index is 0.0289. The predicted molar refractivity (Wildman–Crippen MR) is 64.0 cm³/mol. The summed E-state index contributed by atoms with van der Waals surface area (Å²) in [6.45, 7) is 2.92. The lowest BCUT2D eigenvalue weighted by atomic mass is 10.1. The number of methoxy groups -OCH3 is 1. The number of hydrogen-bond donors (Lipinski definition) is 1. The van der Waals surface area contributed by atoms with Gasteiger partial charge in [0.15, 0.2) is 5.75 Å². The molecule has 0 spiro atoms. The average Bonchev–Trinajstić information content (AvgIpc) is 2.95. The number of nitrogens with one attached hydrogen (secondary N) is 1. The zero-order valence-corrected chi connectivity index (χ0v) is 10.3. The Bertz CT molecular complexity index is 462. The number of nitrogens with zero attached hydrogens (tertiary/aromatic N) is 2. The van der Waals surface area contributed by atoms with Crippen molar-refractivity contribution in [1.29, 1.82) is 0 Å². The Labute approximate surface area is 100 Å². The molecule has 2 rings (SSSR count). The third-order valence-electron chi connectivity index (χ3n) is 2.73. The second-order valence-corrected chi connectivity index (χ2v) is 3.77. The van der Waals surface area contributed by atoms with Gasteiger partial charge in [-0.05, 0) is 12.6 Å². The molecule has 1 atom stereocenters. The summed E-state index contributed by atoms with van der Waals surface area (Å²) in [5.41, 5.74) is 2.06. The molecule has 0 aliphatic carbocycles. The third-order valence-corrected chi connectivity index (χ3v) is 2.73. The van der Waals surface area contributed by atoms with Crippen molar-refractivity contribution in [3.8, 4) is 5.75 Å². The fourth-order valence-electron chi connectivity index (χ4n) is 1.93. The van der Waals surface area contributed by atoms with E-state index in [1.165, 1.54) is 0 Å². The highest BCUT2D eigenvalue weighted by molar-refractivity contribution is 5.34. The quantitative estimate of drug-likeness (QED) is 0.857. The van der Waals surface area contributed by atoms with Gasteiger partial charge in [0, 0.05) is 12.6 Å². The van der Waals surface area contributed by atoms with Crippen molar-refractivity contribution < 1.29 is 9.15 Å². The molecule has 2 heterocycles. The van der Waals surface area contributed by atoms with E-state index in [-0.39, 0.29) is 6.04 Å². The zero-order chi connectivity index (χ0) is 12.3. The van der Waals surface area contributed by atoms with Crippen LogP contribution < -0.4 is 10.1 Å². The maximum atomic E-state index is 5.34.